The van der Waals surface area contributed by atoms with E-state index in [1.54, 1.807) is 47.9 Å². The number of carbonyl (C=O) groups is 2. The van der Waals surface area contributed by atoms with Gasteiger partial charge in [-0.25, -0.2) is 5.48 Å². The molecule has 0 saturated heterocycles. The summed E-state index contributed by atoms with van der Waals surface area (Å²) < 4.78 is 1.84. The van der Waals surface area contributed by atoms with Gasteiger partial charge in [-0.2, -0.15) is 0 Å². The molecule has 3 aromatic carbocycles. The first-order chi connectivity index (χ1) is 15.9. The molecule has 0 spiro atoms. The molecular weight excluding hydrogens is 461 g/mol. The quantitative estimate of drug-likeness (QED) is 0.255. The molecule has 0 saturated carbocycles. The third-order valence-corrected chi connectivity index (χ3v) is 6.03. The van der Waals surface area contributed by atoms with E-state index in [1.807, 2.05) is 41.0 Å². The summed E-state index contributed by atoms with van der Waals surface area (Å²) in [5.74, 6) is -1.19. The molecule has 0 aliphatic heterocycles. The molecule has 0 atom stereocenters. The molecule has 0 fully saturated rings. The Morgan fingerprint density at radius 2 is 1.58 bits per heavy atom. The fraction of sp³-hybridized carbons (Fsp3) is 0.0400. The predicted molar refractivity (Wildman–Crippen MR) is 129 cm³/mol. The maximum Gasteiger partial charge on any atom is 0.274 e. The number of nitrogens with zero attached hydrogens (tertiary/aromatic N) is 1. The molecule has 166 valence electrons. The highest BCUT2D eigenvalue weighted by Gasteiger charge is 2.22. The maximum absolute atomic E-state index is 12.6. The molecule has 1 heterocycles. The normalized spacial score (nSPS) is 10.8. The fourth-order valence-corrected chi connectivity index (χ4v) is 4.02. The van der Waals surface area contributed by atoms with Crippen LogP contribution in [0.3, 0.4) is 0 Å². The summed E-state index contributed by atoms with van der Waals surface area (Å²) >= 11 is 12.3. The van der Waals surface area contributed by atoms with Crippen LogP contribution in [0.5, 0.6) is 0 Å². The van der Waals surface area contributed by atoms with Gasteiger partial charge in [0.2, 0.25) is 0 Å². The van der Waals surface area contributed by atoms with E-state index in [-0.39, 0.29) is 0 Å². The van der Waals surface area contributed by atoms with E-state index in [0.717, 1.165) is 16.8 Å². The number of hydrogen-bond donors (Lipinski definition) is 3. The number of nitrogens with one attached hydrogen (secondary N) is 1. The number of primary amides is 1. The number of hydrogen-bond acceptors (Lipinski definition) is 3. The molecule has 2 amide bonds. The van der Waals surface area contributed by atoms with Gasteiger partial charge in [0, 0.05) is 23.4 Å². The summed E-state index contributed by atoms with van der Waals surface area (Å²) in [7, 11) is 0. The van der Waals surface area contributed by atoms with Gasteiger partial charge in [-0.15, -0.1) is 0 Å². The Morgan fingerprint density at radius 3 is 2.18 bits per heavy atom. The summed E-state index contributed by atoms with van der Waals surface area (Å²) in [5, 5.41) is 9.61. The lowest BCUT2D eigenvalue weighted by Crippen LogP contribution is -2.19. The first kappa shape index (κ1) is 22.6. The van der Waals surface area contributed by atoms with Gasteiger partial charge in [0.15, 0.2) is 0 Å². The number of halogens is 2. The van der Waals surface area contributed by atoms with Gasteiger partial charge in [0.05, 0.1) is 10.0 Å². The van der Waals surface area contributed by atoms with Crippen LogP contribution in [0.15, 0.2) is 78.9 Å². The largest absolute Gasteiger partial charge is 0.364 e. The van der Waals surface area contributed by atoms with Crippen LogP contribution in [-0.4, -0.2) is 21.6 Å². The molecule has 33 heavy (non-hydrogen) atoms. The number of rotatable bonds is 6. The molecule has 4 rings (SSSR count). The fourth-order valence-electron chi connectivity index (χ4n) is 3.72. The highest BCUT2D eigenvalue weighted by molar-refractivity contribution is 6.42. The van der Waals surface area contributed by atoms with E-state index >= 15 is 0 Å². The lowest BCUT2D eigenvalue weighted by molar-refractivity contribution is 0.0706. The van der Waals surface area contributed by atoms with Crippen molar-refractivity contribution in [3.05, 3.63) is 106 Å². The van der Waals surface area contributed by atoms with E-state index in [9.17, 15) is 9.59 Å². The van der Waals surface area contributed by atoms with Gasteiger partial charge < -0.3 is 10.3 Å². The van der Waals surface area contributed by atoms with Crippen LogP contribution in [0.25, 0.3) is 22.4 Å². The van der Waals surface area contributed by atoms with Gasteiger partial charge in [-0.3, -0.25) is 14.8 Å². The molecule has 0 aliphatic rings. The molecule has 0 unspecified atom stereocenters. The molecule has 0 bridgehead atoms. The second-order valence-corrected chi connectivity index (χ2v) is 8.19. The lowest BCUT2D eigenvalue weighted by atomic mass is 10.0. The van der Waals surface area contributed by atoms with Gasteiger partial charge in [0.25, 0.3) is 11.8 Å². The van der Waals surface area contributed by atoms with Crippen LogP contribution in [0, 0.1) is 0 Å². The second kappa shape index (κ2) is 9.50. The topological polar surface area (TPSA) is 97.4 Å². The summed E-state index contributed by atoms with van der Waals surface area (Å²) in [5.41, 5.74) is 12.0. The average molecular weight is 480 g/mol. The Kier molecular flexibility index (Phi) is 6.51. The molecule has 8 heteroatoms. The van der Waals surface area contributed by atoms with E-state index in [1.165, 1.54) is 0 Å². The smallest absolute Gasteiger partial charge is 0.274 e. The number of carbonyl (C=O) groups excluding carboxylic acids is 2. The van der Waals surface area contributed by atoms with Crippen LogP contribution < -0.4 is 11.2 Å². The summed E-state index contributed by atoms with van der Waals surface area (Å²) in [6.45, 7) is 0.324. The Labute approximate surface area is 200 Å². The number of hydroxylamine groups is 1. The monoisotopic (exact) mass is 479 g/mol. The Hall–Kier alpha value is -3.58. The van der Waals surface area contributed by atoms with Crippen molar-refractivity contribution in [1.29, 1.82) is 0 Å². The van der Waals surface area contributed by atoms with Crippen LogP contribution in [0.4, 0.5) is 0 Å². The third-order valence-electron chi connectivity index (χ3n) is 5.29. The zero-order chi connectivity index (χ0) is 23.5. The Morgan fingerprint density at radius 1 is 0.879 bits per heavy atom. The third kappa shape index (κ3) is 4.64. The van der Waals surface area contributed by atoms with E-state index in [2.05, 4.69) is 0 Å². The lowest BCUT2D eigenvalue weighted by Gasteiger charge is -2.14. The maximum atomic E-state index is 12.6. The molecule has 0 aliphatic carbocycles. The van der Waals surface area contributed by atoms with E-state index in [4.69, 9.17) is 34.1 Å². The van der Waals surface area contributed by atoms with Gasteiger partial charge in [0.1, 0.15) is 5.69 Å². The first-order valence-corrected chi connectivity index (χ1v) is 10.7. The minimum absolute atomic E-state index is 0.309. The predicted octanol–water partition coefficient (Wildman–Crippen LogP) is 5.40. The Balaban J connectivity index is 1.88. The second-order valence-electron chi connectivity index (χ2n) is 7.38. The highest BCUT2D eigenvalue weighted by atomic mass is 35.5. The van der Waals surface area contributed by atoms with Gasteiger partial charge >= 0.3 is 0 Å². The zero-order valence-corrected chi connectivity index (χ0v) is 18.8. The molecular formula is C25H19Cl2N3O3. The van der Waals surface area contributed by atoms with Crippen molar-refractivity contribution in [3.63, 3.8) is 0 Å². The molecule has 4 N–H and O–H groups in total. The summed E-state index contributed by atoms with van der Waals surface area (Å²) in [6, 6.07) is 23.4. The highest BCUT2D eigenvalue weighted by Crippen LogP contribution is 2.36. The van der Waals surface area contributed by atoms with Crippen molar-refractivity contribution in [1.82, 2.24) is 10.0 Å². The van der Waals surface area contributed by atoms with Crippen LogP contribution >= 0.6 is 23.2 Å². The van der Waals surface area contributed by atoms with E-state index in [0.29, 0.717) is 39.0 Å². The zero-order valence-electron chi connectivity index (χ0n) is 17.3. The number of nitrogens with two attached hydrogens (primary N) is 1. The molecule has 0 radical (unpaired) electrons. The number of amides is 2. The molecule has 1 aromatic heterocycles. The molecule has 4 aromatic rings. The number of benzene rings is 3. The van der Waals surface area contributed by atoms with Gasteiger partial charge in [-0.05, 0) is 47.0 Å². The van der Waals surface area contributed by atoms with Crippen molar-refractivity contribution in [3.8, 4) is 22.4 Å². The summed E-state index contributed by atoms with van der Waals surface area (Å²) in [4.78, 5) is 24.3. The average Bonchev–Trinajstić information content (AvgIpc) is 3.20. The van der Waals surface area contributed by atoms with Crippen molar-refractivity contribution >= 4 is 35.0 Å². The van der Waals surface area contributed by atoms with Crippen molar-refractivity contribution < 1.29 is 14.8 Å². The SMILES string of the molecule is NC(=O)c1c(-c2ccc(Cl)c(Cl)c2)cc(-c2ccccc2)n1Cc1ccc(C(=O)NO)cc1. The number of aromatic nitrogens is 1. The minimum atomic E-state index is -0.604. The van der Waals surface area contributed by atoms with Crippen LogP contribution in [0.2, 0.25) is 10.0 Å². The van der Waals surface area contributed by atoms with Crippen molar-refractivity contribution in [2.24, 2.45) is 5.73 Å². The summed E-state index contributed by atoms with van der Waals surface area (Å²) in [6.07, 6.45) is 0. The first-order valence-electron chi connectivity index (χ1n) is 9.96. The van der Waals surface area contributed by atoms with Crippen LogP contribution in [-0.2, 0) is 6.54 Å². The minimum Gasteiger partial charge on any atom is -0.364 e. The van der Waals surface area contributed by atoms with Crippen molar-refractivity contribution in [2.45, 2.75) is 6.54 Å². The van der Waals surface area contributed by atoms with E-state index < -0.39 is 11.8 Å². The Bertz CT molecular complexity index is 1330. The molecule has 6 nitrogen and oxygen atoms in total. The van der Waals surface area contributed by atoms with Gasteiger partial charge in [-0.1, -0.05) is 71.7 Å². The van der Waals surface area contributed by atoms with Crippen molar-refractivity contribution in [2.75, 3.05) is 0 Å². The van der Waals surface area contributed by atoms with Crippen LogP contribution in [0.1, 0.15) is 26.4 Å². The standard InChI is InChI=1S/C25H19Cl2N3O3/c26-20-11-10-18(12-21(20)27)19-13-22(16-4-2-1-3-5-16)30(23(19)24(28)31)14-15-6-8-17(9-7-15)25(32)29-33/h1-13,33H,14H2,(H2,28,31)(H,29,32).